The molecule has 1 aliphatic rings. The second-order valence-corrected chi connectivity index (χ2v) is 5.41. The minimum Gasteiger partial charge on any atom is -0.391 e. The van der Waals surface area contributed by atoms with Crippen molar-refractivity contribution in [2.75, 3.05) is 13.7 Å². The molecule has 1 saturated carbocycles. The molecular weight excluding hydrogens is 236 g/mol. The molecule has 17 heavy (non-hydrogen) atoms. The van der Waals surface area contributed by atoms with Gasteiger partial charge in [-0.25, -0.2) is 0 Å². The second-order valence-electron chi connectivity index (χ2n) is 4.97. The first-order valence-corrected chi connectivity index (χ1v) is 6.51. The zero-order valence-electron chi connectivity index (χ0n) is 10.6. The van der Waals surface area contributed by atoms with Crippen LogP contribution in [-0.2, 0) is 9.53 Å². The Morgan fingerprint density at radius 2 is 2.12 bits per heavy atom. The molecule has 0 heterocycles. The summed E-state index contributed by atoms with van der Waals surface area (Å²) in [5, 5.41) is 3.02. The van der Waals surface area contributed by atoms with Crippen molar-refractivity contribution in [3.8, 4) is 0 Å². The van der Waals surface area contributed by atoms with Gasteiger partial charge in [0.15, 0.2) is 0 Å². The first kappa shape index (κ1) is 14.4. The zero-order valence-corrected chi connectivity index (χ0v) is 11.4. The number of ether oxygens (including phenoxy) is 1. The highest BCUT2D eigenvalue weighted by Gasteiger charge is 2.38. The van der Waals surface area contributed by atoms with Crippen LogP contribution in [0.2, 0.25) is 0 Å². The van der Waals surface area contributed by atoms with E-state index in [1.807, 2.05) is 6.92 Å². The predicted molar refractivity (Wildman–Crippen MR) is 71.8 cm³/mol. The Labute approximate surface area is 108 Å². The minimum atomic E-state index is -0.431. The van der Waals surface area contributed by atoms with Crippen molar-refractivity contribution in [1.29, 1.82) is 0 Å². The predicted octanol–water partition coefficient (Wildman–Crippen LogP) is 1.37. The topological polar surface area (TPSA) is 64.3 Å². The second kappa shape index (κ2) is 6.31. The van der Waals surface area contributed by atoms with Gasteiger partial charge >= 0.3 is 0 Å². The number of amides is 1. The van der Waals surface area contributed by atoms with Gasteiger partial charge in [-0.3, -0.25) is 4.79 Å². The number of rotatable bonds is 6. The largest absolute Gasteiger partial charge is 0.391 e. The Hall–Kier alpha value is -0.680. The van der Waals surface area contributed by atoms with E-state index < -0.39 is 5.54 Å². The molecule has 0 bridgehead atoms. The fourth-order valence-electron chi connectivity index (χ4n) is 2.39. The molecule has 0 spiro atoms. The molecule has 98 valence electrons. The van der Waals surface area contributed by atoms with E-state index in [1.54, 1.807) is 7.11 Å². The molecule has 0 aromatic rings. The van der Waals surface area contributed by atoms with E-state index in [9.17, 15) is 4.79 Å². The summed E-state index contributed by atoms with van der Waals surface area (Å²) in [5.41, 5.74) is 5.33. The van der Waals surface area contributed by atoms with Crippen LogP contribution in [0.4, 0.5) is 0 Å². The lowest BCUT2D eigenvalue weighted by molar-refractivity contribution is -0.123. The summed E-state index contributed by atoms with van der Waals surface area (Å²) < 4.78 is 5.02. The highest BCUT2D eigenvalue weighted by atomic mass is 32.1. The summed E-state index contributed by atoms with van der Waals surface area (Å²) in [7, 11) is 1.64. The monoisotopic (exact) mass is 258 g/mol. The molecule has 1 amide bonds. The van der Waals surface area contributed by atoms with Crippen LogP contribution in [0.3, 0.4) is 0 Å². The third-order valence-corrected chi connectivity index (χ3v) is 3.68. The summed E-state index contributed by atoms with van der Waals surface area (Å²) >= 11 is 5.09. The molecular formula is C12H22N2O2S. The quantitative estimate of drug-likeness (QED) is 0.706. The van der Waals surface area contributed by atoms with Crippen LogP contribution >= 0.6 is 12.2 Å². The Bertz CT molecular complexity index is 288. The van der Waals surface area contributed by atoms with Crippen LogP contribution in [0.25, 0.3) is 0 Å². The van der Waals surface area contributed by atoms with Gasteiger partial charge in [0.2, 0.25) is 5.91 Å². The number of carbonyl (C=O) groups is 1. The molecule has 1 atom stereocenters. The molecule has 3 N–H and O–H groups in total. The van der Waals surface area contributed by atoms with Gasteiger partial charge in [0.1, 0.15) is 0 Å². The fourth-order valence-corrected chi connectivity index (χ4v) is 2.64. The van der Waals surface area contributed by atoms with Crippen LogP contribution in [0, 0.1) is 5.92 Å². The Morgan fingerprint density at radius 1 is 1.53 bits per heavy atom. The molecule has 0 aromatic carbocycles. The molecule has 1 rings (SSSR count). The first-order valence-electron chi connectivity index (χ1n) is 6.10. The highest BCUT2D eigenvalue weighted by Crippen LogP contribution is 2.30. The van der Waals surface area contributed by atoms with Gasteiger partial charge in [-0.15, -0.1) is 0 Å². The number of hydrogen-bond acceptors (Lipinski definition) is 3. The van der Waals surface area contributed by atoms with Crippen molar-refractivity contribution in [3.05, 3.63) is 0 Å². The molecule has 1 fully saturated rings. The van der Waals surface area contributed by atoms with Gasteiger partial charge in [-0.2, -0.15) is 0 Å². The van der Waals surface area contributed by atoms with E-state index in [0.717, 1.165) is 25.7 Å². The first-order chi connectivity index (χ1) is 8.00. The SMILES string of the molecule is COCC(C)CC(=O)NC1(C(N)=S)CCCC1. The van der Waals surface area contributed by atoms with Crippen molar-refractivity contribution in [1.82, 2.24) is 5.32 Å². The van der Waals surface area contributed by atoms with E-state index in [2.05, 4.69) is 5.32 Å². The lowest BCUT2D eigenvalue weighted by Gasteiger charge is -2.29. The fraction of sp³-hybridized carbons (Fsp3) is 0.833. The number of hydrogen-bond donors (Lipinski definition) is 2. The Kier molecular flexibility index (Phi) is 5.33. The van der Waals surface area contributed by atoms with Crippen molar-refractivity contribution in [2.45, 2.75) is 44.6 Å². The van der Waals surface area contributed by atoms with Gasteiger partial charge in [0, 0.05) is 20.1 Å². The zero-order chi connectivity index (χ0) is 12.9. The van der Waals surface area contributed by atoms with Crippen LogP contribution in [0.15, 0.2) is 0 Å². The summed E-state index contributed by atoms with van der Waals surface area (Å²) in [6.07, 6.45) is 4.34. The number of nitrogens with one attached hydrogen (secondary N) is 1. The normalized spacial score (nSPS) is 19.9. The van der Waals surface area contributed by atoms with E-state index >= 15 is 0 Å². The van der Waals surface area contributed by atoms with Crippen LogP contribution in [0.1, 0.15) is 39.0 Å². The van der Waals surface area contributed by atoms with Crippen LogP contribution in [-0.4, -0.2) is 30.2 Å². The maximum atomic E-state index is 11.9. The van der Waals surface area contributed by atoms with Crippen LogP contribution < -0.4 is 11.1 Å². The maximum absolute atomic E-state index is 11.9. The third kappa shape index (κ3) is 3.92. The van der Waals surface area contributed by atoms with Crippen LogP contribution in [0.5, 0.6) is 0 Å². The summed E-state index contributed by atoms with van der Waals surface area (Å²) in [6.45, 7) is 2.58. The molecule has 1 unspecified atom stereocenters. The number of nitrogens with two attached hydrogens (primary N) is 1. The van der Waals surface area contributed by atoms with Gasteiger partial charge in [-0.05, 0) is 18.8 Å². The third-order valence-electron chi connectivity index (χ3n) is 3.29. The average molecular weight is 258 g/mol. The van der Waals surface area contributed by atoms with E-state index in [0.29, 0.717) is 18.0 Å². The standard InChI is InChI=1S/C12H22N2O2S/c1-9(8-16-2)7-10(15)14-12(11(13)17)5-3-4-6-12/h9H,3-8H2,1-2H3,(H2,13,17)(H,14,15). The summed E-state index contributed by atoms with van der Waals surface area (Å²) in [4.78, 5) is 12.3. The van der Waals surface area contributed by atoms with E-state index in [4.69, 9.17) is 22.7 Å². The van der Waals surface area contributed by atoms with Gasteiger partial charge < -0.3 is 15.8 Å². The molecule has 0 aliphatic heterocycles. The summed E-state index contributed by atoms with van der Waals surface area (Å²) in [5.74, 6) is 0.231. The van der Waals surface area contributed by atoms with Gasteiger partial charge in [0.25, 0.3) is 0 Å². The van der Waals surface area contributed by atoms with Crippen molar-refractivity contribution >= 4 is 23.1 Å². The number of carbonyl (C=O) groups excluding carboxylic acids is 1. The van der Waals surface area contributed by atoms with Crippen molar-refractivity contribution in [2.24, 2.45) is 11.7 Å². The van der Waals surface area contributed by atoms with Gasteiger partial charge in [-0.1, -0.05) is 32.0 Å². The lowest BCUT2D eigenvalue weighted by atomic mass is 9.96. The van der Waals surface area contributed by atoms with Gasteiger partial charge in [0.05, 0.1) is 10.5 Å². The lowest BCUT2D eigenvalue weighted by Crippen LogP contribution is -2.55. The average Bonchev–Trinajstić information content (AvgIpc) is 2.67. The molecule has 4 nitrogen and oxygen atoms in total. The summed E-state index contributed by atoms with van der Waals surface area (Å²) in [6, 6.07) is 0. The van der Waals surface area contributed by atoms with E-state index in [1.165, 1.54) is 0 Å². The molecule has 5 heteroatoms. The molecule has 0 aromatic heterocycles. The number of methoxy groups -OCH3 is 1. The molecule has 0 saturated heterocycles. The maximum Gasteiger partial charge on any atom is 0.221 e. The number of thiocarbonyl (C=S) groups is 1. The van der Waals surface area contributed by atoms with Crippen molar-refractivity contribution in [3.63, 3.8) is 0 Å². The Balaban J connectivity index is 2.51. The molecule has 0 radical (unpaired) electrons. The smallest absolute Gasteiger partial charge is 0.221 e. The minimum absolute atomic E-state index is 0.0178. The highest BCUT2D eigenvalue weighted by molar-refractivity contribution is 7.80. The van der Waals surface area contributed by atoms with E-state index in [-0.39, 0.29) is 11.8 Å². The van der Waals surface area contributed by atoms with Crippen molar-refractivity contribution < 1.29 is 9.53 Å². The Morgan fingerprint density at radius 3 is 2.59 bits per heavy atom. The molecule has 1 aliphatic carbocycles.